The Kier molecular flexibility index (Phi) is 23.7. The summed E-state index contributed by atoms with van der Waals surface area (Å²) in [5, 5.41) is 44.4. The van der Waals surface area contributed by atoms with Gasteiger partial charge in [-0.2, -0.15) is 11.8 Å². The van der Waals surface area contributed by atoms with Gasteiger partial charge in [0.2, 0.25) is 53.2 Å². The zero-order valence-electron chi connectivity index (χ0n) is 38.3. The number of benzene rings is 1. The maximum Gasteiger partial charge on any atom is 0.524 e. The highest BCUT2D eigenvalue weighted by atomic mass is 32.2. The number of nitrogens with zero attached hydrogens (tertiary/aromatic N) is 1. The van der Waals surface area contributed by atoms with Crippen LogP contribution >= 0.6 is 19.6 Å². The molecule has 2 rings (SSSR count). The molecule has 1 aromatic rings. The van der Waals surface area contributed by atoms with Crippen LogP contribution in [0.15, 0.2) is 24.3 Å². The first-order chi connectivity index (χ1) is 32.6. The number of carboxylic acid groups (broad SMARTS) is 3. The smallest absolute Gasteiger partial charge is 0.481 e. The molecule has 0 bridgehead atoms. The molecule has 1 aromatic carbocycles. The van der Waals surface area contributed by atoms with Gasteiger partial charge in [-0.1, -0.05) is 12.1 Å². The highest BCUT2D eigenvalue weighted by Crippen LogP contribution is 2.37. The van der Waals surface area contributed by atoms with Gasteiger partial charge in [0.25, 0.3) is 0 Å². The van der Waals surface area contributed by atoms with Gasteiger partial charge in [-0.05, 0) is 69.2 Å². The lowest BCUT2D eigenvalue weighted by atomic mass is 10.0. The molecule has 1 heterocycles. The fraction of sp³-hybridized carbons (Fsp3) is 0.550. The largest absolute Gasteiger partial charge is 0.524 e. The van der Waals surface area contributed by atoms with Gasteiger partial charge in [0.15, 0.2) is 0 Å². The Labute approximate surface area is 403 Å². The first-order valence-corrected chi connectivity index (χ1v) is 24.2. The van der Waals surface area contributed by atoms with Crippen molar-refractivity contribution in [3.63, 3.8) is 0 Å². The highest BCUT2D eigenvalue weighted by Gasteiger charge is 2.40. The molecule has 1 fully saturated rings. The average Bonchev–Trinajstić information content (AvgIpc) is 3.75. The van der Waals surface area contributed by atoms with Crippen LogP contribution in [0.4, 0.5) is 0 Å². The van der Waals surface area contributed by atoms with Gasteiger partial charge in [0.05, 0.1) is 12.8 Å². The van der Waals surface area contributed by atoms with E-state index < -0.39 is 159 Å². The van der Waals surface area contributed by atoms with E-state index in [1.807, 2.05) is 0 Å². The van der Waals surface area contributed by atoms with Crippen molar-refractivity contribution in [2.24, 2.45) is 5.73 Å². The quantitative estimate of drug-likeness (QED) is 0.0342. The number of carbonyl (C=O) groups is 12. The van der Waals surface area contributed by atoms with E-state index >= 15 is 0 Å². The van der Waals surface area contributed by atoms with Crippen LogP contribution in [0.25, 0.3) is 0 Å². The zero-order chi connectivity index (χ0) is 53.0. The molecule has 1 saturated heterocycles. The molecule has 14 N–H and O–H groups in total. The Hall–Kier alpha value is -6.84. The van der Waals surface area contributed by atoms with Gasteiger partial charge in [-0.3, -0.25) is 67.3 Å². The molecule has 28 nitrogen and oxygen atoms in total. The van der Waals surface area contributed by atoms with E-state index in [0.717, 1.165) is 24.0 Å². The second-order valence-electron chi connectivity index (χ2n) is 15.9. The summed E-state index contributed by atoms with van der Waals surface area (Å²) in [6, 6.07) is -7.25. The first-order valence-electron chi connectivity index (χ1n) is 21.3. The van der Waals surface area contributed by atoms with Gasteiger partial charge in [-0.15, -0.1) is 0 Å². The summed E-state index contributed by atoms with van der Waals surface area (Å²) in [5.41, 5.74) is 5.42. The van der Waals surface area contributed by atoms with Crippen LogP contribution in [-0.2, 0) is 68.5 Å². The number of hydrogen-bond donors (Lipinski definition) is 13. The second-order valence-corrected chi connectivity index (χ2v) is 18.0. The Morgan fingerprint density at radius 2 is 1.21 bits per heavy atom. The number of phosphoric ester groups is 1. The zero-order valence-corrected chi connectivity index (χ0v) is 40.0. The molecule has 8 atom stereocenters. The number of likely N-dealkylation sites (tertiary alicyclic amines) is 1. The van der Waals surface area contributed by atoms with Crippen molar-refractivity contribution in [1.82, 2.24) is 42.1 Å². The predicted molar refractivity (Wildman–Crippen MR) is 242 cm³/mol. The monoisotopic (exact) mass is 1030 g/mol. The number of carboxylic acids is 3. The van der Waals surface area contributed by atoms with Crippen molar-refractivity contribution in [2.75, 3.05) is 18.6 Å². The van der Waals surface area contributed by atoms with E-state index in [0.29, 0.717) is 0 Å². The molecular weight excluding hydrogens is 974 g/mol. The molecular formula is C40H58N9O19PS. The van der Waals surface area contributed by atoms with Crippen LogP contribution < -0.4 is 47.5 Å². The number of thioether (sulfide) groups is 1. The van der Waals surface area contributed by atoms with Crippen molar-refractivity contribution in [1.29, 1.82) is 0 Å². The molecule has 0 aliphatic carbocycles. The fourth-order valence-electron chi connectivity index (χ4n) is 6.69. The number of amides is 9. The molecule has 388 valence electrons. The Balaban J connectivity index is 2.35. The molecule has 0 aromatic heterocycles. The van der Waals surface area contributed by atoms with E-state index in [2.05, 4.69) is 41.7 Å². The number of carbonyl (C=O) groups excluding carboxylic acids is 9. The van der Waals surface area contributed by atoms with E-state index in [9.17, 15) is 77.4 Å². The van der Waals surface area contributed by atoms with E-state index in [-0.39, 0.29) is 42.9 Å². The summed E-state index contributed by atoms with van der Waals surface area (Å²) in [7, 11) is -4.95. The molecule has 0 saturated carbocycles. The lowest BCUT2D eigenvalue weighted by molar-refractivity contribution is -0.143. The molecule has 0 unspecified atom stereocenters. The van der Waals surface area contributed by atoms with Crippen LogP contribution in [0.3, 0.4) is 0 Å². The summed E-state index contributed by atoms with van der Waals surface area (Å²) in [6.07, 6.45) is -1.46. The van der Waals surface area contributed by atoms with Gasteiger partial charge < -0.3 is 67.7 Å². The molecule has 0 spiro atoms. The van der Waals surface area contributed by atoms with Crippen molar-refractivity contribution in [3.8, 4) is 5.75 Å². The summed E-state index contributed by atoms with van der Waals surface area (Å²) in [4.78, 5) is 172. The minimum absolute atomic E-state index is 0.0389. The number of primary amides is 1. The summed E-state index contributed by atoms with van der Waals surface area (Å²) >= 11 is 1.28. The maximum atomic E-state index is 14.1. The van der Waals surface area contributed by atoms with Crippen LogP contribution in [0.2, 0.25) is 0 Å². The van der Waals surface area contributed by atoms with Crippen molar-refractivity contribution >= 4 is 90.7 Å². The van der Waals surface area contributed by atoms with E-state index in [1.54, 1.807) is 6.26 Å². The van der Waals surface area contributed by atoms with Crippen LogP contribution in [-0.4, -0.2) is 168 Å². The third kappa shape index (κ3) is 20.8. The fourth-order valence-corrected chi connectivity index (χ4v) is 7.56. The Morgan fingerprint density at radius 1 is 0.700 bits per heavy atom. The number of phosphoric acid groups is 1. The number of rotatable bonds is 29. The lowest BCUT2D eigenvalue weighted by Crippen LogP contribution is -2.60. The van der Waals surface area contributed by atoms with Crippen molar-refractivity contribution in [2.45, 2.75) is 120 Å². The predicted octanol–water partition coefficient (Wildman–Crippen LogP) is -3.80. The Bertz CT molecular complexity index is 2160. The normalized spacial score (nSPS) is 16.3. The van der Waals surface area contributed by atoms with Crippen LogP contribution in [0.5, 0.6) is 5.75 Å². The van der Waals surface area contributed by atoms with E-state index in [1.165, 1.54) is 37.7 Å². The molecule has 1 aliphatic heterocycles. The van der Waals surface area contributed by atoms with Crippen LogP contribution in [0, 0.1) is 0 Å². The number of aliphatic carboxylic acids is 3. The van der Waals surface area contributed by atoms with Gasteiger partial charge in [-0.25, -0.2) is 4.57 Å². The van der Waals surface area contributed by atoms with Gasteiger partial charge in [0.1, 0.15) is 54.1 Å². The standard InChI is InChI=1S/C40H58N9O19PS/c1-19(33(41)57)42-37(61)28(18-32(55)56)48-35(59)24(13-15-70-4)45-39(63)29-6-5-14-49(29)40(64)25(11-12-30(51)52)46-34(58)20(2)43-36(60)26(47-38(62)27(17-31(53)54)44-21(3)50)16-22-7-9-23(10-8-22)68-69(65,66)67/h7-10,19-20,24-29H,5-6,11-18H2,1-4H3,(H2,41,57)(H,42,61)(H,43,60)(H,44,50)(H,45,63)(H,46,58)(H,47,62)(H,48,59)(H,51,52)(H,53,54)(H,55,56)(H2,65,66,67)/t19-,20-,24-,25-,26-,27-,28-,29-/m0/s1. The third-order valence-electron chi connectivity index (χ3n) is 10.2. The van der Waals surface area contributed by atoms with Gasteiger partial charge in [0, 0.05) is 26.3 Å². The maximum absolute atomic E-state index is 14.1. The number of nitrogens with two attached hydrogens (primary N) is 1. The van der Waals surface area contributed by atoms with E-state index in [4.69, 9.17) is 15.5 Å². The Morgan fingerprint density at radius 3 is 1.74 bits per heavy atom. The highest BCUT2D eigenvalue weighted by molar-refractivity contribution is 7.98. The molecule has 9 amide bonds. The molecule has 30 heteroatoms. The minimum Gasteiger partial charge on any atom is -0.481 e. The summed E-state index contributed by atoms with van der Waals surface area (Å²) in [5.74, 6) is -13.1. The average molecular weight is 1030 g/mol. The molecule has 1 aliphatic rings. The minimum atomic E-state index is -4.95. The topological polar surface area (TPSA) is 446 Å². The van der Waals surface area contributed by atoms with Crippen molar-refractivity contribution in [3.05, 3.63) is 29.8 Å². The molecule has 0 radical (unpaired) electrons. The van der Waals surface area contributed by atoms with Crippen LogP contribution in [0.1, 0.15) is 71.3 Å². The third-order valence-corrected chi connectivity index (χ3v) is 11.3. The molecule has 70 heavy (non-hydrogen) atoms. The SMILES string of the molecule is CSCC[C@H](NC(=O)[C@@H]1CCCN1C(=O)[C@H](CCC(=O)O)NC(=O)[C@H](C)NC(=O)[C@H](Cc1ccc(OP(=O)(O)O)cc1)NC(=O)[C@H](CC(=O)O)NC(C)=O)C(=O)N[C@@H](CC(=O)O)C(=O)N[C@@H](C)C(N)=O. The number of hydrogen-bond acceptors (Lipinski definition) is 15. The van der Waals surface area contributed by atoms with Gasteiger partial charge >= 0.3 is 25.7 Å². The van der Waals surface area contributed by atoms with Crippen molar-refractivity contribution < 1.29 is 91.7 Å². The number of nitrogens with one attached hydrogen (secondary N) is 7. The summed E-state index contributed by atoms with van der Waals surface area (Å²) in [6.45, 7) is 3.34. The lowest BCUT2D eigenvalue weighted by Gasteiger charge is -2.30. The second kappa shape index (κ2) is 28.0. The first kappa shape index (κ1) is 59.3. The summed E-state index contributed by atoms with van der Waals surface area (Å²) < 4.78 is 15.8.